The normalized spacial score (nSPS) is 10.5. The predicted octanol–water partition coefficient (Wildman–Crippen LogP) is 3.11. The molecule has 0 saturated carbocycles. The second-order valence-corrected chi connectivity index (χ2v) is 5.30. The standard InChI is InChI=1S/C15H17BrN2O3/c1-4-18-15(11(16)9-17-18)12(19)7-10-5-6-13(20-2)14(8-10)21-3/h5-6,8-9H,4,7H2,1-3H3. The third-order valence-corrected chi connectivity index (χ3v) is 3.75. The molecule has 0 spiro atoms. The fourth-order valence-electron chi connectivity index (χ4n) is 2.14. The van der Waals surface area contributed by atoms with E-state index in [1.165, 1.54) is 0 Å². The van der Waals surface area contributed by atoms with Crippen LogP contribution in [0.25, 0.3) is 0 Å². The summed E-state index contributed by atoms with van der Waals surface area (Å²) in [6, 6.07) is 5.48. The van der Waals surface area contributed by atoms with Crippen molar-refractivity contribution >= 4 is 21.7 Å². The number of hydrogen-bond donors (Lipinski definition) is 0. The van der Waals surface area contributed by atoms with E-state index in [9.17, 15) is 4.79 Å². The first-order chi connectivity index (χ1) is 10.1. The van der Waals surface area contributed by atoms with Crippen LogP contribution in [-0.2, 0) is 13.0 Å². The van der Waals surface area contributed by atoms with E-state index in [2.05, 4.69) is 21.0 Å². The topological polar surface area (TPSA) is 53.4 Å². The summed E-state index contributed by atoms with van der Waals surface area (Å²) in [5.41, 5.74) is 1.46. The Hall–Kier alpha value is -1.82. The van der Waals surface area contributed by atoms with Crippen LogP contribution in [0.3, 0.4) is 0 Å². The lowest BCUT2D eigenvalue weighted by Gasteiger charge is -2.10. The lowest BCUT2D eigenvalue weighted by molar-refractivity contribution is 0.0982. The van der Waals surface area contributed by atoms with Gasteiger partial charge < -0.3 is 9.47 Å². The lowest BCUT2D eigenvalue weighted by atomic mass is 10.1. The van der Waals surface area contributed by atoms with Gasteiger partial charge in [-0.05, 0) is 40.5 Å². The highest BCUT2D eigenvalue weighted by atomic mass is 79.9. The number of nitrogens with zero attached hydrogens (tertiary/aromatic N) is 2. The summed E-state index contributed by atoms with van der Waals surface area (Å²) in [6.45, 7) is 2.60. The maximum absolute atomic E-state index is 12.5. The van der Waals surface area contributed by atoms with Gasteiger partial charge in [-0.2, -0.15) is 5.10 Å². The van der Waals surface area contributed by atoms with E-state index in [4.69, 9.17) is 9.47 Å². The number of methoxy groups -OCH3 is 2. The highest BCUT2D eigenvalue weighted by Gasteiger charge is 2.17. The van der Waals surface area contributed by atoms with Crippen LogP contribution >= 0.6 is 15.9 Å². The molecule has 1 aromatic heterocycles. The molecule has 6 heteroatoms. The van der Waals surface area contributed by atoms with Crippen molar-refractivity contribution in [3.63, 3.8) is 0 Å². The Morgan fingerprint density at radius 3 is 2.62 bits per heavy atom. The molecule has 0 radical (unpaired) electrons. The van der Waals surface area contributed by atoms with Gasteiger partial charge in [-0.15, -0.1) is 0 Å². The Morgan fingerprint density at radius 2 is 2.00 bits per heavy atom. The summed E-state index contributed by atoms with van der Waals surface area (Å²) in [4.78, 5) is 12.5. The molecule has 0 bridgehead atoms. The van der Waals surface area contributed by atoms with Gasteiger partial charge in [0.05, 0.1) is 24.9 Å². The molecule has 2 rings (SSSR count). The summed E-state index contributed by atoms with van der Waals surface area (Å²) in [5, 5.41) is 4.16. The predicted molar refractivity (Wildman–Crippen MR) is 83.2 cm³/mol. The van der Waals surface area contributed by atoms with Gasteiger partial charge in [0.2, 0.25) is 0 Å². The Morgan fingerprint density at radius 1 is 1.29 bits per heavy atom. The zero-order valence-electron chi connectivity index (χ0n) is 12.2. The number of carbonyl (C=O) groups excluding carboxylic acids is 1. The number of carbonyl (C=O) groups is 1. The number of aryl methyl sites for hydroxylation is 1. The van der Waals surface area contributed by atoms with E-state index in [1.54, 1.807) is 31.2 Å². The fraction of sp³-hybridized carbons (Fsp3) is 0.333. The van der Waals surface area contributed by atoms with E-state index in [0.717, 1.165) is 10.0 Å². The van der Waals surface area contributed by atoms with E-state index in [1.807, 2.05) is 19.1 Å². The number of hydrogen-bond acceptors (Lipinski definition) is 4. The summed E-state index contributed by atoms with van der Waals surface area (Å²) in [5.74, 6) is 1.27. The van der Waals surface area contributed by atoms with Crippen molar-refractivity contribution in [3.8, 4) is 11.5 Å². The largest absolute Gasteiger partial charge is 0.493 e. The van der Waals surface area contributed by atoms with Crippen LogP contribution in [0.5, 0.6) is 11.5 Å². The Bertz CT molecular complexity index is 652. The third kappa shape index (κ3) is 3.26. The van der Waals surface area contributed by atoms with Gasteiger partial charge in [-0.25, -0.2) is 0 Å². The highest BCUT2D eigenvalue weighted by molar-refractivity contribution is 9.10. The number of benzene rings is 1. The average Bonchev–Trinajstić information content (AvgIpc) is 2.88. The monoisotopic (exact) mass is 352 g/mol. The van der Waals surface area contributed by atoms with E-state index >= 15 is 0 Å². The summed E-state index contributed by atoms with van der Waals surface area (Å²) in [7, 11) is 3.16. The molecular formula is C15H17BrN2O3. The molecule has 0 aliphatic heterocycles. The number of ether oxygens (including phenoxy) is 2. The van der Waals surface area contributed by atoms with Gasteiger partial charge >= 0.3 is 0 Å². The highest BCUT2D eigenvalue weighted by Crippen LogP contribution is 2.28. The molecule has 0 N–H and O–H groups in total. The van der Waals surface area contributed by atoms with Crippen molar-refractivity contribution in [2.24, 2.45) is 0 Å². The number of rotatable bonds is 6. The molecule has 112 valence electrons. The molecule has 0 aliphatic carbocycles. The molecule has 2 aromatic rings. The Kier molecular flexibility index (Phi) is 5.01. The molecule has 5 nitrogen and oxygen atoms in total. The third-order valence-electron chi connectivity index (χ3n) is 3.17. The summed E-state index contributed by atoms with van der Waals surface area (Å²) < 4.78 is 12.9. The van der Waals surface area contributed by atoms with Crippen molar-refractivity contribution in [1.82, 2.24) is 9.78 Å². The van der Waals surface area contributed by atoms with Crippen LogP contribution in [0.2, 0.25) is 0 Å². The molecular weight excluding hydrogens is 336 g/mol. The summed E-state index contributed by atoms with van der Waals surface area (Å²) in [6.07, 6.45) is 1.93. The molecule has 0 atom stereocenters. The second kappa shape index (κ2) is 6.76. The van der Waals surface area contributed by atoms with Crippen molar-refractivity contribution in [2.45, 2.75) is 19.9 Å². The van der Waals surface area contributed by atoms with Crippen LogP contribution in [-0.4, -0.2) is 29.8 Å². The van der Waals surface area contributed by atoms with Gasteiger partial charge in [0.15, 0.2) is 17.3 Å². The average molecular weight is 353 g/mol. The number of halogens is 1. The molecule has 1 aromatic carbocycles. The van der Waals surface area contributed by atoms with E-state index in [0.29, 0.717) is 23.7 Å². The minimum Gasteiger partial charge on any atom is -0.493 e. The van der Waals surface area contributed by atoms with E-state index in [-0.39, 0.29) is 12.2 Å². The van der Waals surface area contributed by atoms with Crippen LogP contribution in [0.4, 0.5) is 0 Å². The maximum atomic E-state index is 12.5. The van der Waals surface area contributed by atoms with Gasteiger partial charge in [0.25, 0.3) is 0 Å². The van der Waals surface area contributed by atoms with Crippen molar-refractivity contribution < 1.29 is 14.3 Å². The van der Waals surface area contributed by atoms with Gasteiger partial charge in [-0.3, -0.25) is 9.48 Å². The first-order valence-corrected chi connectivity index (χ1v) is 7.35. The number of ketones is 1. The molecule has 0 aliphatic rings. The smallest absolute Gasteiger partial charge is 0.186 e. The zero-order chi connectivity index (χ0) is 15.4. The molecule has 0 unspecified atom stereocenters. The molecule has 0 fully saturated rings. The van der Waals surface area contributed by atoms with Crippen LogP contribution < -0.4 is 9.47 Å². The Labute approximate surface area is 132 Å². The van der Waals surface area contributed by atoms with Crippen molar-refractivity contribution in [3.05, 3.63) is 40.1 Å². The van der Waals surface area contributed by atoms with Crippen molar-refractivity contribution in [2.75, 3.05) is 14.2 Å². The van der Waals surface area contributed by atoms with Gasteiger partial charge in [0, 0.05) is 13.0 Å². The second-order valence-electron chi connectivity index (χ2n) is 4.45. The number of Topliss-reactive ketones (excluding diaryl/α,β-unsaturated/α-hetero) is 1. The minimum atomic E-state index is 0.00782. The van der Waals surface area contributed by atoms with Gasteiger partial charge in [-0.1, -0.05) is 6.07 Å². The minimum absolute atomic E-state index is 0.00782. The first-order valence-electron chi connectivity index (χ1n) is 6.56. The van der Waals surface area contributed by atoms with Crippen LogP contribution in [0.1, 0.15) is 23.0 Å². The quantitative estimate of drug-likeness (QED) is 0.749. The molecule has 0 saturated heterocycles. The first kappa shape index (κ1) is 15.6. The molecule has 0 amide bonds. The SMILES string of the molecule is CCn1ncc(Br)c1C(=O)Cc1ccc(OC)c(OC)c1. The van der Waals surface area contributed by atoms with Crippen LogP contribution in [0.15, 0.2) is 28.9 Å². The maximum Gasteiger partial charge on any atom is 0.186 e. The lowest BCUT2D eigenvalue weighted by Crippen LogP contribution is -2.12. The Balaban J connectivity index is 2.25. The van der Waals surface area contributed by atoms with Gasteiger partial charge in [0.1, 0.15) is 5.69 Å². The molecule has 1 heterocycles. The van der Waals surface area contributed by atoms with Crippen LogP contribution in [0, 0.1) is 0 Å². The summed E-state index contributed by atoms with van der Waals surface area (Å²) >= 11 is 3.37. The van der Waals surface area contributed by atoms with E-state index < -0.39 is 0 Å². The molecule has 21 heavy (non-hydrogen) atoms. The van der Waals surface area contributed by atoms with Crippen molar-refractivity contribution in [1.29, 1.82) is 0 Å². The fourth-order valence-corrected chi connectivity index (χ4v) is 2.66. The number of aromatic nitrogens is 2. The zero-order valence-corrected chi connectivity index (χ0v) is 13.8.